The molecule has 1 aliphatic heterocycles. The van der Waals surface area contributed by atoms with E-state index in [1.54, 1.807) is 17.8 Å². The van der Waals surface area contributed by atoms with Crippen molar-refractivity contribution in [2.45, 2.75) is 25.0 Å². The van der Waals surface area contributed by atoms with Gasteiger partial charge in [0.2, 0.25) is 0 Å². The highest BCUT2D eigenvalue weighted by Crippen LogP contribution is 2.40. The van der Waals surface area contributed by atoms with E-state index in [1.165, 1.54) is 25.9 Å². The monoisotopic (exact) mass is 424 g/mol. The Bertz CT molecular complexity index is 936. The number of phenolic OH excluding ortho intramolecular Hbond substituents is 1. The van der Waals surface area contributed by atoms with Crippen molar-refractivity contribution in [3.8, 4) is 22.8 Å². The number of benzene rings is 2. The molecule has 2 heterocycles. The number of hydrogen-bond acceptors (Lipinski definition) is 6. The Morgan fingerprint density at radius 2 is 1.90 bits per heavy atom. The second-order valence-corrected chi connectivity index (χ2v) is 8.81. The van der Waals surface area contributed by atoms with E-state index in [0.717, 1.165) is 40.6 Å². The van der Waals surface area contributed by atoms with Gasteiger partial charge in [-0.05, 0) is 62.0 Å². The van der Waals surface area contributed by atoms with Crippen LogP contribution in [0, 0.1) is 0 Å². The van der Waals surface area contributed by atoms with Gasteiger partial charge in [0.25, 0.3) is 0 Å². The highest BCUT2D eigenvalue weighted by molar-refractivity contribution is 7.99. The van der Waals surface area contributed by atoms with E-state index in [9.17, 15) is 5.11 Å². The maximum atomic E-state index is 10.3. The van der Waals surface area contributed by atoms with E-state index in [0.29, 0.717) is 6.61 Å². The van der Waals surface area contributed by atoms with E-state index in [4.69, 9.17) is 9.26 Å². The lowest BCUT2D eigenvalue weighted by atomic mass is 10.1. The molecular formula is C24H28N2O3S. The van der Waals surface area contributed by atoms with Gasteiger partial charge in [-0.15, -0.1) is 11.8 Å². The molecule has 0 spiro atoms. The van der Waals surface area contributed by atoms with E-state index in [-0.39, 0.29) is 11.0 Å². The van der Waals surface area contributed by atoms with Crippen LogP contribution in [0.4, 0.5) is 0 Å². The minimum atomic E-state index is -0.0920. The SMILES string of the molecule is CCSC(c1cc(-c2ccc(OCCN3CCCC3)cc2)no1)c1ccccc1O. The highest BCUT2D eigenvalue weighted by Gasteiger charge is 2.22. The summed E-state index contributed by atoms with van der Waals surface area (Å²) in [6.07, 6.45) is 2.60. The molecule has 1 saturated heterocycles. The van der Waals surface area contributed by atoms with E-state index in [1.807, 2.05) is 48.5 Å². The molecule has 0 bridgehead atoms. The van der Waals surface area contributed by atoms with Gasteiger partial charge >= 0.3 is 0 Å². The molecule has 1 aliphatic rings. The Kier molecular flexibility index (Phi) is 6.97. The zero-order valence-electron chi connectivity index (χ0n) is 17.3. The zero-order valence-corrected chi connectivity index (χ0v) is 18.1. The van der Waals surface area contributed by atoms with Gasteiger partial charge in [-0.3, -0.25) is 4.90 Å². The lowest BCUT2D eigenvalue weighted by Gasteiger charge is -2.15. The number of aromatic nitrogens is 1. The van der Waals surface area contributed by atoms with Gasteiger partial charge in [-0.2, -0.15) is 0 Å². The fourth-order valence-electron chi connectivity index (χ4n) is 3.77. The molecule has 4 rings (SSSR count). The predicted molar refractivity (Wildman–Crippen MR) is 121 cm³/mol. The normalized spacial score (nSPS) is 15.4. The number of likely N-dealkylation sites (tertiary alicyclic amines) is 1. The number of ether oxygens (including phenoxy) is 1. The second-order valence-electron chi connectivity index (χ2n) is 7.43. The molecule has 158 valence electrons. The summed E-state index contributed by atoms with van der Waals surface area (Å²) in [4.78, 5) is 2.44. The molecule has 0 saturated carbocycles. The Morgan fingerprint density at radius 1 is 1.13 bits per heavy atom. The minimum absolute atomic E-state index is 0.0920. The summed E-state index contributed by atoms with van der Waals surface area (Å²) < 4.78 is 11.6. The van der Waals surface area contributed by atoms with Crippen LogP contribution in [-0.2, 0) is 0 Å². The van der Waals surface area contributed by atoms with Crippen LogP contribution in [0.15, 0.2) is 59.1 Å². The fraction of sp³-hybridized carbons (Fsp3) is 0.375. The van der Waals surface area contributed by atoms with Crippen molar-refractivity contribution >= 4 is 11.8 Å². The minimum Gasteiger partial charge on any atom is -0.508 e. The van der Waals surface area contributed by atoms with Crippen molar-refractivity contribution in [2.24, 2.45) is 0 Å². The Morgan fingerprint density at radius 3 is 2.63 bits per heavy atom. The first-order valence-corrected chi connectivity index (χ1v) is 11.6. The Hall–Kier alpha value is -2.44. The third kappa shape index (κ3) is 4.99. The topological polar surface area (TPSA) is 58.7 Å². The Labute approximate surface area is 182 Å². The molecule has 2 aromatic carbocycles. The van der Waals surface area contributed by atoms with Crippen LogP contribution in [0.25, 0.3) is 11.3 Å². The zero-order chi connectivity index (χ0) is 20.8. The summed E-state index contributed by atoms with van der Waals surface area (Å²) in [5.41, 5.74) is 2.61. The third-order valence-electron chi connectivity index (χ3n) is 5.36. The van der Waals surface area contributed by atoms with Crippen LogP contribution < -0.4 is 4.74 Å². The van der Waals surface area contributed by atoms with E-state index >= 15 is 0 Å². The molecule has 3 aromatic rings. The van der Waals surface area contributed by atoms with Crippen LogP contribution >= 0.6 is 11.8 Å². The molecule has 1 N–H and O–H groups in total. The number of hydrogen-bond donors (Lipinski definition) is 1. The lowest BCUT2D eigenvalue weighted by molar-refractivity contribution is 0.238. The maximum Gasteiger partial charge on any atom is 0.154 e. The lowest BCUT2D eigenvalue weighted by Crippen LogP contribution is -2.25. The standard InChI is InChI=1S/C24H28N2O3S/c1-2-30-24(20-7-3-4-8-22(20)27)23-17-21(25-29-23)18-9-11-19(12-10-18)28-16-15-26-13-5-6-14-26/h3-4,7-12,17,24,27H,2,5-6,13-16H2,1H3. The molecule has 0 aliphatic carbocycles. The summed E-state index contributed by atoms with van der Waals surface area (Å²) in [6.45, 7) is 6.17. The summed E-state index contributed by atoms with van der Waals surface area (Å²) >= 11 is 1.71. The summed E-state index contributed by atoms with van der Waals surface area (Å²) in [6, 6.07) is 17.3. The average molecular weight is 425 g/mol. The van der Waals surface area contributed by atoms with E-state index in [2.05, 4.69) is 17.0 Å². The van der Waals surface area contributed by atoms with Crippen molar-refractivity contribution in [1.82, 2.24) is 10.1 Å². The summed E-state index contributed by atoms with van der Waals surface area (Å²) in [5.74, 6) is 2.79. The molecule has 30 heavy (non-hydrogen) atoms. The van der Waals surface area contributed by atoms with Crippen LogP contribution in [0.1, 0.15) is 36.3 Å². The van der Waals surface area contributed by atoms with Crippen molar-refractivity contribution in [1.29, 1.82) is 0 Å². The van der Waals surface area contributed by atoms with Crippen LogP contribution in [0.5, 0.6) is 11.5 Å². The predicted octanol–water partition coefficient (Wildman–Crippen LogP) is 5.36. The Balaban J connectivity index is 1.43. The second kappa shape index (κ2) is 10.0. The maximum absolute atomic E-state index is 10.3. The molecule has 5 nitrogen and oxygen atoms in total. The van der Waals surface area contributed by atoms with Crippen molar-refractivity contribution in [2.75, 3.05) is 32.0 Å². The van der Waals surface area contributed by atoms with Crippen LogP contribution in [0.3, 0.4) is 0 Å². The van der Waals surface area contributed by atoms with Crippen molar-refractivity contribution in [3.63, 3.8) is 0 Å². The smallest absolute Gasteiger partial charge is 0.154 e. The number of rotatable bonds is 9. The van der Waals surface area contributed by atoms with Crippen LogP contribution in [-0.4, -0.2) is 47.2 Å². The largest absolute Gasteiger partial charge is 0.508 e. The number of para-hydroxylation sites is 1. The summed E-state index contributed by atoms with van der Waals surface area (Å²) in [7, 11) is 0. The van der Waals surface area contributed by atoms with Gasteiger partial charge in [0, 0.05) is 23.7 Å². The first-order valence-electron chi connectivity index (χ1n) is 10.6. The average Bonchev–Trinajstić information content (AvgIpc) is 3.46. The van der Waals surface area contributed by atoms with Gasteiger partial charge in [-0.25, -0.2) is 0 Å². The first-order chi connectivity index (χ1) is 14.7. The molecule has 1 unspecified atom stereocenters. The number of phenols is 1. The molecule has 1 aromatic heterocycles. The quantitative estimate of drug-likeness (QED) is 0.499. The third-order valence-corrected chi connectivity index (χ3v) is 6.52. The fourth-order valence-corrected chi connectivity index (χ4v) is 4.76. The first kappa shape index (κ1) is 20.8. The molecule has 1 atom stereocenters. The van der Waals surface area contributed by atoms with Gasteiger partial charge in [0.15, 0.2) is 5.76 Å². The van der Waals surface area contributed by atoms with Gasteiger partial charge in [0.1, 0.15) is 23.8 Å². The summed E-state index contributed by atoms with van der Waals surface area (Å²) in [5, 5.41) is 14.5. The molecule has 0 amide bonds. The van der Waals surface area contributed by atoms with Crippen molar-refractivity contribution in [3.05, 3.63) is 65.9 Å². The van der Waals surface area contributed by atoms with E-state index < -0.39 is 0 Å². The molecular weight excluding hydrogens is 396 g/mol. The van der Waals surface area contributed by atoms with Gasteiger partial charge in [0.05, 0.1) is 5.25 Å². The van der Waals surface area contributed by atoms with Gasteiger partial charge in [-0.1, -0.05) is 30.3 Å². The van der Waals surface area contributed by atoms with Gasteiger partial charge < -0.3 is 14.4 Å². The van der Waals surface area contributed by atoms with Crippen LogP contribution in [0.2, 0.25) is 0 Å². The molecule has 1 fully saturated rings. The number of thioether (sulfide) groups is 1. The highest BCUT2D eigenvalue weighted by atomic mass is 32.2. The number of aromatic hydroxyl groups is 1. The number of nitrogens with zero attached hydrogens (tertiary/aromatic N) is 2. The molecule has 0 radical (unpaired) electrons. The molecule has 6 heteroatoms. The van der Waals surface area contributed by atoms with Crippen molar-refractivity contribution < 1.29 is 14.4 Å².